The number of ketones is 1. The van der Waals surface area contributed by atoms with Crippen LogP contribution >= 0.6 is 0 Å². The third kappa shape index (κ3) is 3.22. The number of aromatic nitrogens is 6. The molecule has 2 aromatic heterocycles. The standard InChI is InChI=1S/C11H17N7O/c1-8(2)18-11(13-7-14-18)3-10(19)6-17-5-9(4-12)15-16-17/h5,7-8H,3-4,6,12H2,1-2H3. The SMILES string of the molecule is CC(C)n1ncnc1CC(=O)Cn1cc(CN)nn1. The molecule has 0 bridgehead atoms. The highest BCUT2D eigenvalue weighted by Gasteiger charge is 2.13. The fraction of sp³-hybridized carbons (Fsp3) is 0.545. The van der Waals surface area contributed by atoms with E-state index >= 15 is 0 Å². The van der Waals surface area contributed by atoms with Crippen molar-refractivity contribution in [3.63, 3.8) is 0 Å². The predicted molar refractivity (Wildman–Crippen MR) is 67.0 cm³/mol. The second-order valence-corrected chi connectivity index (χ2v) is 4.54. The van der Waals surface area contributed by atoms with Gasteiger partial charge in [-0.3, -0.25) is 4.79 Å². The molecule has 2 rings (SSSR count). The summed E-state index contributed by atoms with van der Waals surface area (Å²) >= 11 is 0. The average molecular weight is 263 g/mol. The van der Waals surface area contributed by atoms with Gasteiger partial charge in [-0.25, -0.2) is 14.3 Å². The number of nitrogens with zero attached hydrogens (tertiary/aromatic N) is 6. The van der Waals surface area contributed by atoms with Crippen LogP contribution < -0.4 is 5.73 Å². The zero-order chi connectivity index (χ0) is 13.8. The topological polar surface area (TPSA) is 105 Å². The maximum Gasteiger partial charge on any atom is 0.161 e. The van der Waals surface area contributed by atoms with Gasteiger partial charge in [-0.1, -0.05) is 5.21 Å². The molecule has 0 aromatic carbocycles. The van der Waals surface area contributed by atoms with Gasteiger partial charge < -0.3 is 5.73 Å². The molecule has 102 valence electrons. The van der Waals surface area contributed by atoms with Gasteiger partial charge >= 0.3 is 0 Å². The molecule has 0 aliphatic carbocycles. The van der Waals surface area contributed by atoms with E-state index in [1.165, 1.54) is 11.0 Å². The summed E-state index contributed by atoms with van der Waals surface area (Å²) in [5.41, 5.74) is 6.10. The summed E-state index contributed by atoms with van der Waals surface area (Å²) in [5, 5.41) is 11.8. The van der Waals surface area contributed by atoms with Gasteiger partial charge in [0.2, 0.25) is 0 Å². The lowest BCUT2D eigenvalue weighted by Crippen LogP contribution is -2.17. The van der Waals surface area contributed by atoms with E-state index in [0.717, 1.165) is 0 Å². The Morgan fingerprint density at radius 1 is 1.47 bits per heavy atom. The van der Waals surface area contributed by atoms with E-state index < -0.39 is 0 Å². The van der Waals surface area contributed by atoms with Crippen molar-refractivity contribution in [3.8, 4) is 0 Å². The van der Waals surface area contributed by atoms with Crippen molar-refractivity contribution in [1.82, 2.24) is 29.8 Å². The summed E-state index contributed by atoms with van der Waals surface area (Å²) in [7, 11) is 0. The smallest absolute Gasteiger partial charge is 0.161 e. The zero-order valence-corrected chi connectivity index (χ0v) is 11.0. The first kappa shape index (κ1) is 13.3. The highest BCUT2D eigenvalue weighted by atomic mass is 16.1. The zero-order valence-electron chi connectivity index (χ0n) is 11.0. The van der Waals surface area contributed by atoms with Crippen LogP contribution in [0.4, 0.5) is 0 Å². The summed E-state index contributed by atoms with van der Waals surface area (Å²) in [5.74, 6) is 0.669. The third-order valence-corrected chi connectivity index (χ3v) is 2.63. The van der Waals surface area contributed by atoms with Crippen molar-refractivity contribution in [2.24, 2.45) is 5.73 Å². The second kappa shape index (κ2) is 5.70. The molecular formula is C11H17N7O. The quantitative estimate of drug-likeness (QED) is 0.768. The highest BCUT2D eigenvalue weighted by Crippen LogP contribution is 2.06. The van der Waals surface area contributed by atoms with Crippen molar-refractivity contribution in [3.05, 3.63) is 24.0 Å². The molecule has 2 aromatic rings. The summed E-state index contributed by atoms with van der Waals surface area (Å²) < 4.78 is 3.23. The lowest BCUT2D eigenvalue weighted by atomic mass is 10.2. The molecule has 2 heterocycles. The van der Waals surface area contributed by atoms with Gasteiger partial charge in [-0.15, -0.1) is 5.10 Å². The van der Waals surface area contributed by atoms with E-state index in [0.29, 0.717) is 18.1 Å². The maximum absolute atomic E-state index is 12.0. The number of rotatable bonds is 6. The number of nitrogens with two attached hydrogens (primary N) is 1. The fourth-order valence-corrected chi connectivity index (χ4v) is 1.75. The molecule has 8 nitrogen and oxygen atoms in total. The van der Waals surface area contributed by atoms with Crippen LogP contribution in [-0.2, 0) is 24.3 Å². The van der Waals surface area contributed by atoms with Crippen molar-refractivity contribution in [2.45, 2.75) is 39.4 Å². The van der Waals surface area contributed by atoms with Crippen LogP contribution in [0.15, 0.2) is 12.5 Å². The van der Waals surface area contributed by atoms with E-state index in [1.807, 2.05) is 13.8 Å². The molecule has 8 heteroatoms. The van der Waals surface area contributed by atoms with Crippen LogP contribution in [-0.4, -0.2) is 35.5 Å². The molecular weight excluding hydrogens is 246 g/mol. The summed E-state index contributed by atoms with van der Waals surface area (Å²) in [6, 6.07) is 0.181. The highest BCUT2D eigenvalue weighted by molar-refractivity contribution is 5.79. The van der Waals surface area contributed by atoms with Crippen LogP contribution in [0.3, 0.4) is 0 Å². The molecule has 0 spiro atoms. The number of carbonyl (C=O) groups is 1. The van der Waals surface area contributed by atoms with Gasteiger partial charge in [0.15, 0.2) is 5.78 Å². The largest absolute Gasteiger partial charge is 0.325 e. The van der Waals surface area contributed by atoms with Crippen LogP contribution in [0.2, 0.25) is 0 Å². The lowest BCUT2D eigenvalue weighted by molar-refractivity contribution is -0.119. The van der Waals surface area contributed by atoms with Crippen molar-refractivity contribution in [1.29, 1.82) is 0 Å². The monoisotopic (exact) mass is 263 g/mol. The second-order valence-electron chi connectivity index (χ2n) is 4.54. The number of hydrogen-bond donors (Lipinski definition) is 1. The molecule has 0 saturated heterocycles. The first-order valence-electron chi connectivity index (χ1n) is 6.09. The lowest BCUT2D eigenvalue weighted by Gasteiger charge is -2.08. The van der Waals surface area contributed by atoms with E-state index in [-0.39, 0.29) is 24.8 Å². The summed E-state index contributed by atoms with van der Waals surface area (Å²) in [6.07, 6.45) is 3.37. The van der Waals surface area contributed by atoms with Gasteiger partial charge in [-0.2, -0.15) is 5.10 Å². The van der Waals surface area contributed by atoms with Crippen LogP contribution in [0.5, 0.6) is 0 Å². The number of Topliss-reactive ketones (excluding diaryl/α,β-unsaturated/α-hetero) is 1. The Bertz CT molecular complexity index is 557. The van der Waals surface area contributed by atoms with Crippen LogP contribution in [0, 0.1) is 0 Å². The van der Waals surface area contributed by atoms with E-state index in [4.69, 9.17) is 5.73 Å². The summed E-state index contributed by atoms with van der Waals surface area (Å²) in [6.45, 7) is 4.47. The minimum absolute atomic E-state index is 0.00312. The molecule has 0 radical (unpaired) electrons. The molecule has 0 saturated carbocycles. The van der Waals surface area contributed by atoms with Crippen molar-refractivity contribution < 1.29 is 4.79 Å². The molecule has 19 heavy (non-hydrogen) atoms. The maximum atomic E-state index is 12.0. The Hall–Kier alpha value is -2.09. The van der Waals surface area contributed by atoms with Gasteiger partial charge in [0.05, 0.1) is 18.3 Å². The Kier molecular flexibility index (Phi) is 4.00. The molecule has 0 fully saturated rings. The number of hydrogen-bond acceptors (Lipinski definition) is 6. The Labute approximate surface area is 110 Å². The molecule has 0 aliphatic heterocycles. The van der Waals surface area contributed by atoms with Crippen LogP contribution in [0.25, 0.3) is 0 Å². The Morgan fingerprint density at radius 2 is 2.26 bits per heavy atom. The first-order chi connectivity index (χ1) is 9.10. The Balaban J connectivity index is 1.99. The Morgan fingerprint density at radius 3 is 2.89 bits per heavy atom. The number of carbonyl (C=O) groups excluding carboxylic acids is 1. The van der Waals surface area contributed by atoms with E-state index in [1.54, 1.807) is 10.9 Å². The minimum Gasteiger partial charge on any atom is -0.325 e. The molecule has 0 atom stereocenters. The molecule has 0 aliphatic rings. The fourth-order valence-electron chi connectivity index (χ4n) is 1.75. The van der Waals surface area contributed by atoms with E-state index in [9.17, 15) is 4.79 Å². The van der Waals surface area contributed by atoms with Crippen molar-refractivity contribution >= 4 is 5.78 Å². The van der Waals surface area contributed by atoms with Gasteiger partial charge in [-0.05, 0) is 13.8 Å². The van der Waals surface area contributed by atoms with Gasteiger partial charge in [0.1, 0.15) is 18.7 Å². The summed E-state index contributed by atoms with van der Waals surface area (Å²) in [4.78, 5) is 16.1. The van der Waals surface area contributed by atoms with E-state index in [2.05, 4.69) is 20.4 Å². The third-order valence-electron chi connectivity index (χ3n) is 2.63. The van der Waals surface area contributed by atoms with Crippen molar-refractivity contribution in [2.75, 3.05) is 0 Å². The van der Waals surface area contributed by atoms with Gasteiger partial charge in [0, 0.05) is 12.6 Å². The molecule has 2 N–H and O–H groups in total. The van der Waals surface area contributed by atoms with Gasteiger partial charge in [0.25, 0.3) is 0 Å². The predicted octanol–water partition coefficient (Wildman–Crippen LogP) is -0.279. The molecule has 0 unspecified atom stereocenters. The molecule has 0 amide bonds. The van der Waals surface area contributed by atoms with Crippen LogP contribution in [0.1, 0.15) is 31.4 Å². The first-order valence-corrected chi connectivity index (χ1v) is 6.09. The minimum atomic E-state index is 0.00312. The normalized spacial score (nSPS) is 11.2. The average Bonchev–Trinajstić information content (AvgIpc) is 2.97.